The van der Waals surface area contributed by atoms with E-state index < -0.39 is 0 Å². The Morgan fingerprint density at radius 2 is 1.60 bits per heavy atom. The van der Waals surface area contributed by atoms with Crippen LogP contribution in [0, 0.1) is 0 Å². The summed E-state index contributed by atoms with van der Waals surface area (Å²) in [6.45, 7) is 0. The zero-order chi connectivity index (χ0) is 4.12. The molecule has 0 aromatic rings. The van der Waals surface area contributed by atoms with Gasteiger partial charge in [0.15, 0.2) is 0 Å². The summed E-state index contributed by atoms with van der Waals surface area (Å²) >= 11 is 0.341. The maximum absolute atomic E-state index is 1.69. The van der Waals surface area contributed by atoms with E-state index >= 15 is 0 Å². The Morgan fingerprint density at radius 1 is 1.20 bits per heavy atom. The van der Waals surface area contributed by atoms with Gasteiger partial charge in [0, 0.05) is 0 Å². The molecule has 0 aliphatic carbocycles. The Balaban J connectivity index is 2.19. The van der Waals surface area contributed by atoms with Crippen LogP contribution in [0.3, 0.4) is 0 Å². The van der Waals surface area contributed by atoms with Gasteiger partial charge in [0.25, 0.3) is 0 Å². The molecular weight excluding hydrogens is 199 g/mol. The summed E-state index contributed by atoms with van der Waals surface area (Å²) < 4.78 is 3.37. The van der Waals surface area contributed by atoms with E-state index in [-0.39, 0.29) is 0 Å². The van der Waals surface area contributed by atoms with Crippen molar-refractivity contribution in [2.24, 2.45) is 0 Å². The van der Waals surface area contributed by atoms with Crippen molar-refractivity contribution >= 4 is 41.6 Å². The van der Waals surface area contributed by atoms with Crippen LogP contribution in [0.15, 0.2) is 0 Å². The van der Waals surface area contributed by atoms with E-state index in [1.165, 1.54) is 20.5 Å². The van der Waals surface area contributed by atoms with Gasteiger partial charge < -0.3 is 0 Å². The summed E-state index contributed by atoms with van der Waals surface area (Å²) in [6.07, 6.45) is 0. The molecule has 0 saturated carbocycles. The molecule has 0 heterocycles. The van der Waals surface area contributed by atoms with Crippen LogP contribution in [0.1, 0.15) is 0 Å². The summed E-state index contributed by atoms with van der Waals surface area (Å²) in [5.41, 5.74) is 0. The molecule has 0 rings (SSSR count). The van der Waals surface area contributed by atoms with E-state index in [2.05, 4.69) is 0 Å². The molecule has 0 aliphatic rings. The summed E-state index contributed by atoms with van der Waals surface area (Å²) in [5, 5.41) is 0. The second kappa shape index (κ2) is 5.23. The van der Waals surface area contributed by atoms with Gasteiger partial charge in [-0.2, -0.15) is 0 Å². The van der Waals surface area contributed by atoms with Crippen molar-refractivity contribution in [3.8, 4) is 0 Å². The van der Waals surface area contributed by atoms with Crippen molar-refractivity contribution in [3.63, 3.8) is 0 Å². The Kier molecular flexibility index (Phi) is 6.52. The molecule has 2 radical (unpaired) electrons. The summed E-state index contributed by atoms with van der Waals surface area (Å²) in [6, 6.07) is 0. The van der Waals surface area contributed by atoms with Crippen molar-refractivity contribution in [1.82, 2.24) is 0 Å². The van der Waals surface area contributed by atoms with Gasteiger partial charge in [-0.3, -0.25) is 0 Å². The van der Waals surface area contributed by atoms with Crippen molar-refractivity contribution in [2.75, 3.05) is 0 Å². The molecular formula is C2H10Si2Sn. The molecule has 0 saturated heterocycles. The molecule has 3 heteroatoms. The Morgan fingerprint density at radius 3 is 1.60 bits per heavy atom. The zero-order valence-electron chi connectivity index (χ0n) is 3.91. The van der Waals surface area contributed by atoms with E-state index in [9.17, 15) is 0 Å². The number of hydrogen-bond acceptors (Lipinski definition) is 0. The fraction of sp³-hybridized carbons (Fsp3) is 1.00. The normalized spacial score (nSPS) is 9.60. The number of rotatable bonds is 2. The van der Waals surface area contributed by atoms with Gasteiger partial charge in [0.2, 0.25) is 0 Å². The third-order valence-electron chi connectivity index (χ3n) is 0.500. The second-order valence-corrected chi connectivity index (χ2v) is 15.9. The van der Waals surface area contributed by atoms with Crippen molar-refractivity contribution < 1.29 is 0 Å². The first-order chi connectivity index (χ1) is 2.41. The van der Waals surface area contributed by atoms with Crippen molar-refractivity contribution in [1.29, 1.82) is 0 Å². The first-order valence-electron chi connectivity index (χ1n) is 2.12. The quantitative estimate of drug-likeness (QED) is 0.469. The minimum absolute atomic E-state index is 0.341. The molecule has 0 N–H and O–H groups in total. The molecule has 5 heavy (non-hydrogen) atoms. The molecule has 0 nitrogen and oxygen atoms in total. The topological polar surface area (TPSA) is 0 Å². The molecule has 0 unspecified atom stereocenters. The van der Waals surface area contributed by atoms with E-state index in [1.54, 1.807) is 8.12 Å². The predicted molar refractivity (Wildman–Crippen MR) is 35.2 cm³/mol. The van der Waals surface area contributed by atoms with Crippen molar-refractivity contribution in [2.45, 2.75) is 8.12 Å². The van der Waals surface area contributed by atoms with Crippen LogP contribution >= 0.6 is 0 Å². The molecule has 0 amide bonds. The fourth-order valence-corrected chi connectivity index (χ4v) is 15.1. The van der Waals surface area contributed by atoms with E-state index in [4.69, 9.17) is 0 Å². The van der Waals surface area contributed by atoms with Crippen LogP contribution in [-0.4, -0.2) is 41.6 Å². The van der Waals surface area contributed by atoms with Crippen LogP contribution in [0.25, 0.3) is 0 Å². The first kappa shape index (κ1) is 6.23. The van der Waals surface area contributed by atoms with E-state index in [0.29, 0.717) is 21.1 Å². The molecule has 0 bridgehead atoms. The molecule has 0 fully saturated rings. The van der Waals surface area contributed by atoms with Gasteiger partial charge in [-0.1, -0.05) is 0 Å². The van der Waals surface area contributed by atoms with Crippen LogP contribution in [0.4, 0.5) is 0 Å². The van der Waals surface area contributed by atoms with Gasteiger partial charge >= 0.3 is 49.7 Å². The van der Waals surface area contributed by atoms with Crippen molar-refractivity contribution in [3.05, 3.63) is 0 Å². The van der Waals surface area contributed by atoms with Crippen LogP contribution < -0.4 is 0 Å². The summed E-state index contributed by atoms with van der Waals surface area (Å²) in [7, 11) is 2.99. The molecule has 30 valence electrons. The second-order valence-electron chi connectivity index (χ2n) is 0.957. The van der Waals surface area contributed by atoms with E-state index in [0.717, 1.165) is 0 Å². The Labute approximate surface area is 49.8 Å². The van der Waals surface area contributed by atoms with Gasteiger partial charge in [-0.25, -0.2) is 0 Å². The third kappa shape index (κ3) is 5.23. The maximum atomic E-state index is 1.69. The minimum atomic E-state index is 0.341. The molecule has 0 aromatic heterocycles. The van der Waals surface area contributed by atoms with E-state index in [1.807, 2.05) is 0 Å². The Bertz CT molecular complexity index is 15.1. The summed E-state index contributed by atoms with van der Waals surface area (Å²) in [4.78, 5) is 0. The predicted octanol–water partition coefficient (Wildman–Crippen LogP) is -1.83. The Hall–Kier alpha value is 1.23. The average molecular weight is 209 g/mol. The van der Waals surface area contributed by atoms with Crippen LogP contribution in [0.5, 0.6) is 0 Å². The fourth-order valence-electron chi connectivity index (χ4n) is 0.250. The standard InChI is InChI=1S/2CH5Si.Sn/c2*1-2;/h2*1H2,2H3;. The molecule has 0 atom stereocenters. The first-order valence-corrected chi connectivity index (χ1v) is 8.99. The SMILES string of the molecule is [SiH3][CH2][Sn][CH2][SiH3]. The van der Waals surface area contributed by atoms with Gasteiger partial charge in [0.05, 0.1) is 0 Å². The van der Waals surface area contributed by atoms with Crippen LogP contribution in [-0.2, 0) is 0 Å². The van der Waals surface area contributed by atoms with Gasteiger partial charge in [-0.15, -0.1) is 0 Å². The van der Waals surface area contributed by atoms with Gasteiger partial charge in [-0.05, 0) is 0 Å². The molecule has 0 spiro atoms. The number of hydrogen-bond donors (Lipinski definition) is 0. The third-order valence-corrected chi connectivity index (χ3v) is 10.1. The monoisotopic (exact) mass is 210 g/mol. The summed E-state index contributed by atoms with van der Waals surface area (Å²) in [5.74, 6) is 0. The van der Waals surface area contributed by atoms with Crippen LogP contribution in [0.2, 0.25) is 8.12 Å². The van der Waals surface area contributed by atoms with Gasteiger partial charge in [0.1, 0.15) is 0 Å². The molecule has 0 aliphatic heterocycles. The zero-order valence-corrected chi connectivity index (χ0v) is 10.8. The molecule has 0 aromatic carbocycles. The average Bonchev–Trinajstić information content (AvgIpc) is 1.41.